The summed E-state index contributed by atoms with van der Waals surface area (Å²) < 4.78 is 5.08. The van der Waals surface area contributed by atoms with E-state index in [1.54, 1.807) is 12.1 Å². The summed E-state index contributed by atoms with van der Waals surface area (Å²) in [6.07, 6.45) is 4.04. The summed E-state index contributed by atoms with van der Waals surface area (Å²) in [7, 11) is 3.50. The Kier molecular flexibility index (Phi) is 4.84. The quantitative estimate of drug-likeness (QED) is 0.783. The van der Waals surface area contributed by atoms with E-state index in [9.17, 15) is 9.90 Å². The van der Waals surface area contributed by atoms with Crippen molar-refractivity contribution in [3.63, 3.8) is 0 Å². The molecule has 0 aliphatic heterocycles. The number of nitrogens with one attached hydrogen (secondary N) is 2. The average molecular weight is 278 g/mol. The van der Waals surface area contributed by atoms with Gasteiger partial charge in [-0.2, -0.15) is 0 Å². The van der Waals surface area contributed by atoms with E-state index in [1.165, 1.54) is 13.2 Å². The van der Waals surface area contributed by atoms with Crippen LogP contribution in [0, 0.1) is 0 Å². The first kappa shape index (κ1) is 14.7. The smallest absolute Gasteiger partial charge is 0.255 e. The number of rotatable bonds is 4. The topological polar surface area (TPSA) is 70.6 Å². The van der Waals surface area contributed by atoms with Gasteiger partial charge in [0.25, 0.3) is 5.91 Å². The van der Waals surface area contributed by atoms with Crippen molar-refractivity contribution in [2.24, 2.45) is 0 Å². The first-order valence-electron chi connectivity index (χ1n) is 6.99. The zero-order valence-electron chi connectivity index (χ0n) is 12.0. The third-order valence-corrected chi connectivity index (χ3v) is 3.92. The lowest BCUT2D eigenvalue weighted by Gasteiger charge is -2.28. The molecule has 0 atom stereocenters. The van der Waals surface area contributed by atoms with Crippen molar-refractivity contribution < 1.29 is 14.6 Å². The minimum absolute atomic E-state index is 0.0211. The number of hydrogen-bond acceptors (Lipinski definition) is 4. The van der Waals surface area contributed by atoms with Gasteiger partial charge in [-0.25, -0.2) is 0 Å². The van der Waals surface area contributed by atoms with Crippen molar-refractivity contribution in [2.45, 2.75) is 37.8 Å². The Balaban J connectivity index is 1.98. The third-order valence-electron chi connectivity index (χ3n) is 3.92. The molecule has 3 N–H and O–H groups in total. The Morgan fingerprint density at radius 1 is 1.25 bits per heavy atom. The monoisotopic (exact) mass is 278 g/mol. The lowest BCUT2D eigenvalue weighted by atomic mass is 9.91. The Morgan fingerprint density at radius 2 is 1.90 bits per heavy atom. The van der Waals surface area contributed by atoms with Gasteiger partial charge in [-0.05, 0) is 50.9 Å². The predicted molar refractivity (Wildman–Crippen MR) is 77.2 cm³/mol. The van der Waals surface area contributed by atoms with Crippen LogP contribution in [-0.4, -0.2) is 37.3 Å². The van der Waals surface area contributed by atoms with Crippen molar-refractivity contribution in [1.29, 1.82) is 0 Å². The Bertz CT molecular complexity index is 468. The van der Waals surface area contributed by atoms with Crippen LogP contribution < -0.4 is 15.4 Å². The molecular weight excluding hydrogens is 256 g/mol. The highest BCUT2D eigenvalue weighted by molar-refractivity contribution is 5.97. The molecule has 5 nitrogen and oxygen atoms in total. The summed E-state index contributed by atoms with van der Waals surface area (Å²) in [5.41, 5.74) is 0.264. The van der Waals surface area contributed by atoms with Crippen molar-refractivity contribution in [3.8, 4) is 11.5 Å². The molecule has 1 aliphatic rings. The number of ether oxygens (including phenoxy) is 1. The first-order valence-corrected chi connectivity index (χ1v) is 6.99. The zero-order chi connectivity index (χ0) is 14.5. The molecule has 0 aromatic heterocycles. The van der Waals surface area contributed by atoms with Crippen LogP contribution in [0.4, 0.5) is 0 Å². The second-order valence-electron chi connectivity index (χ2n) is 5.19. The Labute approximate surface area is 119 Å². The molecule has 0 spiro atoms. The highest BCUT2D eigenvalue weighted by atomic mass is 16.5. The van der Waals surface area contributed by atoms with Crippen LogP contribution in [0.1, 0.15) is 36.0 Å². The molecule has 0 radical (unpaired) electrons. The lowest BCUT2D eigenvalue weighted by Crippen LogP contribution is -2.41. The number of carbonyl (C=O) groups excluding carboxylic acids is 1. The van der Waals surface area contributed by atoms with Crippen LogP contribution in [0.15, 0.2) is 18.2 Å². The highest BCUT2D eigenvalue weighted by Crippen LogP contribution is 2.24. The molecule has 1 saturated carbocycles. The van der Waals surface area contributed by atoms with Gasteiger partial charge in [-0.3, -0.25) is 4.79 Å². The molecule has 1 aliphatic carbocycles. The molecule has 1 amide bonds. The number of amides is 1. The minimum Gasteiger partial charge on any atom is -0.507 e. The Morgan fingerprint density at radius 3 is 2.50 bits per heavy atom. The van der Waals surface area contributed by atoms with Crippen LogP contribution in [0.5, 0.6) is 11.5 Å². The molecule has 20 heavy (non-hydrogen) atoms. The van der Waals surface area contributed by atoms with Crippen LogP contribution in [0.3, 0.4) is 0 Å². The molecule has 0 bridgehead atoms. The van der Waals surface area contributed by atoms with Crippen LogP contribution >= 0.6 is 0 Å². The lowest BCUT2D eigenvalue weighted by molar-refractivity contribution is 0.0921. The fourth-order valence-electron chi connectivity index (χ4n) is 2.61. The standard InChI is InChI=1S/C15H22N2O3/c1-16-10-3-5-11(6-4-10)17-15(19)13-9-12(20-2)7-8-14(13)18/h7-11,16,18H,3-6H2,1-2H3,(H,17,19). The molecule has 1 aromatic carbocycles. The van der Waals surface area contributed by atoms with Crippen molar-refractivity contribution in [3.05, 3.63) is 23.8 Å². The van der Waals surface area contributed by atoms with E-state index in [1.807, 2.05) is 7.05 Å². The normalized spacial score (nSPS) is 22.3. The second-order valence-corrected chi connectivity index (χ2v) is 5.19. The number of phenolic OH excluding ortho intramolecular Hbond substituents is 1. The molecular formula is C15H22N2O3. The SMILES string of the molecule is CNC1CCC(NC(=O)c2cc(OC)ccc2O)CC1. The summed E-state index contributed by atoms with van der Waals surface area (Å²) in [5, 5.41) is 16.0. The fourth-order valence-corrected chi connectivity index (χ4v) is 2.61. The maximum atomic E-state index is 12.2. The number of carbonyl (C=O) groups is 1. The van der Waals surface area contributed by atoms with Crippen LogP contribution in [0.2, 0.25) is 0 Å². The van der Waals surface area contributed by atoms with E-state index in [0.29, 0.717) is 11.8 Å². The Hall–Kier alpha value is -1.75. The molecule has 0 saturated heterocycles. The summed E-state index contributed by atoms with van der Waals surface area (Å²) in [5.74, 6) is 0.299. The van der Waals surface area contributed by atoms with E-state index >= 15 is 0 Å². The molecule has 1 fully saturated rings. The van der Waals surface area contributed by atoms with Gasteiger partial charge in [-0.1, -0.05) is 0 Å². The van der Waals surface area contributed by atoms with Gasteiger partial charge in [0, 0.05) is 12.1 Å². The number of methoxy groups -OCH3 is 1. The van der Waals surface area contributed by atoms with Gasteiger partial charge in [0.2, 0.25) is 0 Å². The van der Waals surface area contributed by atoms with Gasteiger partial charge in [0.05, 0.1) is 12.7 Å². The molecule has 110 valence electrons. The third kappa shape index (κ3) is 3.42. The maximum Gasteiger partial charge on any atom is 0.255 e. The van der Waals surface area contributed by atoms with Crippen molar-refractivity contribution >= 4 is 5.91 Å². The minimum atomic E-state index is -0.241. The first-order chi connectivity index (χ1) is 9.63. The van der Waals surface area contributed by atoms with Gasteiger partial charge in [0.15, 0.2) is 0 Å². The van der Waals surface area contributed by atoms with Gasteiger partial charge < -0.3 is 20.5 Å². The van der Waals surface area contributed by atoms with E-state index in [2.05, 4.69) is 10.6 Å². The van der Waals surface area contributed by atoms with E-state index in [4.69, 9.17) is 4.74 Å². The zero-order valence-corrected chi connectivity index (χ0v) is 12.0. The number of aromatic hydroxyl groups is 1. The molecule has 0 unspecified atom stereocenters. The second kappa shape index (κ2) is 6.61. The van der Waals surface area contributed by atoms with E-state index < -0.39 is 0 Å². The summed E-state index contributed by atoms with van der Waals surface area (Å²) in [6.45, 7) is 0. The van der Waals surface area contributed by atoms with Gasteiger partial charge in [0.1, 0.15) is 11.5 Å². The fraction of sp³-hybridized carbons (Fsp3) is 0.533. The van der Waals surface area contributed by atoms with Gasteiger partial charge in [-0.15, -0.1) is 0 Å². The maximum absolute atomic E-state index is 12.2. The van der Waals surface area contributed by atoms with Crippen molar-refractivity contribution in [2.75, 3.05) is 14.2 Å². The highest BCUT2D eigenvalue weighted by Gasteiger charge is 2.22. The molecule has 2 rings (SSSR count). The average Bonchev–Trinajstić information content (AvgIpc) is 2.48. The molecule has 1 aromatic rings. The van der Waals surface area contributed by atoms with Crippen LogP contribution in [-0.2, 0) is 0 Å². The summed E-state index contributed by atoms with van der Waals surface area (Å²) in [4.78, 5) is 12.2. The number of phenols is 1. The van der Waals surface area contributed by atoms with Gasteiger partial charge >= 0.3 is 0 Å². The molecule has 0 heterocycles. The predicted octanol–water partition coefficient (Wildman–Crippen LogP) is 1.66. The summed E-state index contributed by atoms with van der Waals surface area (Å²) in [6, 6.07) is 5.39. The summed E-state index contributed by atoms with van der Waals surface area (Å²) >= 11 is 0. The van der Waals surface area contributed by atoms with Crippen molar-refractivity contribution in [1.82, 2.24) is 10.6 Å². The number of hydrogen-bond donors (Lipinski definition) is 3. The van der Waals surface area contributed by atoms with E-state index in [0.717, 1.165) is 25.7 Å². The number of benzene rings is 1. The van der Waals surface area contributed by atoms with E-state index in [-0.39, 0.29) is 23.3 Å². The van der Waals surface area contributed by atoms with Crippen LogP contribution in [0.25, 0.3) is 0 Å². The molecule has 5 heteroatoms. The largest absolute Gasteiger partial charge is 0.507 e.